The number of benzene rings is 2. The summed E-state index contributed by atoms with van der Waals surface area (Å²) in [6, 6.07) is 22.0. The van der Waals surface area contributed by atoms with E-state index in [1.807, 2.05) is 71.8 Å². The molecule has 0 saturated heterocycles. The lowest BCUT2D eigenvalue weighted by Gasteiger charge is -2.20. The van der Waals surface area contributed by atoms with E-state index >= 15 is 0 Å². The molecule has 2 amide bonds. The van der Waals surface area contributed by atoms with Crippen LogP contribution in [0.2, 0.25) is 0 Å². The van der Waals surface area contributed by atoms with Crippen LogP contribution in [0.3, 0.4) is 0 Å². The Kier molecular flexibility index (Phi) is 8.18. The number of nitrogens with one attached hydrogen (secondary N) is 2. The van der Waals surface area contributed by atoms with Crippen molar-refractivity contribution in [1.82, 2.24) is 10.2 Å². The number of para-hydroxylation sites is 1. The number of carbonyl (C=O) groups excluding carboxylic acids is 2. The molecule has 0 spiro atoms. The van der Waals surface area contributed by atoms with Crippen molar-refractivity contribution in [2.75, 3.05) is 25.0 Å². The molecular formula is C24H27N3O2S. The molecule has 0 fully saturated rings. The molecule has 30 heavy (non-hydrogen) atoms. The van der Waals surface area contributed by atoms with E-state index in [4.69, 9.17) is 0 Å². The summed E-state index contributed by atoms with van der Waals surface area (Å²) in [6.45, 7) is 3.45. The van der Waals surface area contributed by atoms with Gasteiger partial charge in [-0.05, 0) is 41.6 Å². The van der Waals surface area contributed by atoms with Gasteiger partial charge in [-0.15, -0.1) is 11.3 Å². The Labute approximate surface area is 181 Å². The van der Waals surface area contributed by atoms with Crippen LogP contribution in [0, 0.1) is 0 Å². The highest BCUT2D eigenvalue weighted by Gasteiger charge is 2.14. The molecule has 0 bridgehead atoms. The van der Waals surface area contributed by atoms with Crippen LogP contribution in [0.1, 0.15) is 22.9 Å². The Morgan fingerprint density at radius 1 is 0.900 bits per heavy atom. The molecule has 3 aromatic rings. The second kappa shape index (κ2) is 11.3. The SMILES string of the molecule is CCN(CC(=O)NCc1cccs1)CC(=O)Nc1ccccc1Cc1ccccc1. The van der Waals surface area contributed by atoms with Gasteiger partial charge in [-0.3, -0.25) is 14.5 Å². The summed E-state index contributed by atoms with van der Waals surface area (Å²) in [6.07, 6.45) is 0.750. The van der Waals surface area contributed by atoms with E-state index < -0.39 is 0 Å². The zero-order valence-electron chi connectivity index (χ0n) is 17.1. The van der Waals surface area contributed by atoms with Gasteiger partial charge in [0.05, 0.1) is 19.6 Å². The van der Waals surface area contributed by atoms with Gasteiger partial charge in [0.2, 0.25) is 11.8 Å². The Morgan fingerprint density at radius 3 is 2.37 bits per heavy atom. The summed E-state index contributed by atoms with van der Waals surface area (Å²) in [5.41, 5.74) is 3.06. The molecule has 3 rings (SSSR count). The average molecular weight is 422 g/mol. The fraction of sp³-hybridized carbons (Fsp3) is 0.250. The number of rotatable bonds is 10. The molecule has 2 N–H and O–H groups in total. The zero-order chi connectivity index (χ0) is 21.2. The average Bonchev–Trinajstić information content (AvgIpc) is 3.28. The van der Waals surface area contributed by atoms with Crippen LogP contribution < -0.4 is 10.6 Å². The number of anilines is 1. The molecule has 2 aromatic carbocycles. The standard InChI is InChI=1S/C24H27N3O2S/c1-2-27(17-23(28)25-16-21-12-8-14-30-21)18-24(29)26-22-13-7-6-11-20(22)15-19-9-4-3-5-10-19/h3-14H,2,15-18H2,1H3,(H,25,28)(H,26,29). The van der Waals surface area contributed by atoms with Gasteiger partial charge in [-0.25, -0.2) is 0 Å². The normalized spacial score (nSPS) is 10.7. The van der Waals surface area contributed by atoms with E-state index in [2.05, 4.69) is 22.8 Å². The highest BCUT2D eigenvalue weighted by molar-refractivity contribution is 7.09. The largest absolute Gasteiger partial charge is 0.350 e. The molecule has 0 aliphatic heterocycles. The lowest BCUT2D eigenvalue weighted by molar-refractivity contribution is -0.123. The first-order valence-corrected chi connectivity index (χ1v) is 10.9. The number of amides is 2. The zero-order valence-corrected chi connectivity index (χ0v) is 18.0. The maximum Gasteiger partial charge on any atom is 0.238 e. The van der Waals surface area contributed by atoms with Crippen LogP contribution in [0.4, 0.5) is 5.69 Å². The van der Waals surface area contributed by atoms with Crippen molar-refractivity contribution >= 4 is 28.8 Å². The van der Waals surface area contributed by atoms with E-state index in [0.29, 0.717) is 13.1 Å². The molecule has 0 aliphatic rings. The summed E-state index contributed by atoms with van der Waals surface area (Å²) in [5.74, 6) is -0.203. The summed E-state index contributed by atoms with van der Waals surface area (Å²) >= 11 is 1.61. The van der Waals surface area contributed by atoms with Gasteiger partial charge < -0.3 is 10.6 Å². The van der Waals surface area contributed by atoms with E-state index in [0.717, 1.165) is 22.5 Å². The predicted molar refractivity (Wildman–Crippen MR) is 123 cm³/mol. The Bertz CT molecular complexity index is 942. The third kappa shape index (κ3) is 6.83. The summed E-state index contributed by atoms with van der Waals surface area (Å²) < 4.78 is 0. The second-order valence-electron chi connectivity index (χ2n) is 7.03. The van der Waals surface area contributed by atoms with Crippen LogP contribution in [-0.2, 0) is 22.6 Å². The van der Waals surface area contributed by atoms with Crippen LogP contribution in [0.5, 0.6) is 0 Å². The molecule has 156 valence electrons. The molecule has 6 heteroatoms. The third-order valence-corrected chi connectivity index (χ3v) is 5.63. The Morgan fingerprint density at radius 2 is 1.63 bits per heavy atom. The minimum Gasteiger partial charge on any atom is -0.350 e. The van der Waals surface area contributed by atoms with Crippen molar-refractivity contribution < 1.29 is 9.59 Å². The topological polar surface area (TPSA) is 61.4 Å². The van der Waals surface area contributed by atoms with Crippen LogP contribution in [-0.4, -0.2) is 36.3 Å². The van der Waals surface area contributed by atoms with Gasteiger partial charge in [-0.2, -0.15) is 0 Å². The number of carbonyl (C=O) groups is 2. The van der Waals surface area contributed by atoms with Gasteiger partial charge in [0.1, 0.15) is 0 Å². The van der Waals surface area contributed by atoms with Gasteiger partial charge in [0, 0.05) is 10.6 Å². The van der Waals surface area contributed by atoms with Crippen LogP contribution in [0.15, 0.2) is 72.1 Å². The maximum atomic E-state index is 12.6. The summed E-state index contributed by atoms with van der Waals surface area (Å²) in [5, 5.41) is 7.91. The van der Waals surface area contributed by atoms with Crippen molar-refractivity contribution in [3.63, 3.8) is 0 Å². The van der Waals surface area contributed by atoms with Crippen molar-refractivity contribution in [1.29, 1.82) is 0 Å². The molecule has 1 aromatic heterocycles. The molecule has 0 radical (unpaired) electrons. The summed E-state index contributed by atoms with van der Waals surface area (Å²) in [4.78, 5) is 27.8. The van der Waals surface area contributed by atoms with Crippen molar-refractivity contribution in [2.24, 2.45) is 0 Å². The first-order valence-electron chi connectivity index (χ1n) is 10.1. The third-order valence-electron chi connectivity index (χ3n) is 4.75. The Balaban J connectivity index is 1.53. The quantitative estimate of drug-likeness (QED) is 0.522. The Hall–Kier alpha value is -2.96. The number of hydrogen-bond acceptors (Lipinski definition) is 4. The van der Waals surface area contributed by atoms with Crippen LogP contribution in [0.25, 0.3) is 0 Å². The van der Waals surface area contributed by atoms with Crippen molar-refractivity contribution in [2.45, 2.75) is 19.9 Å². The first kappa shape index (κ1) is 21.7. The molecule has 0 saturated carbocycles. The fourth-order valence-corrected chi connectivity index (χ4v) is 3.79. The number of nitrogens with zero attached hydrogens (tertiary/aromatic N) is 1. The maximum absolute atomic E-state index is 12.6. The van der Waals surface area contributed by atoms with E-state index in [1.165, 1.54) is 5.56 Å². The summed E-state index contributed by atoms with van der Waals surface area (Å²) in [7, 11) is 0. The minimum absolute atomic E-state index is 0.0810. The van der Waals surface area contributed by atoms with Crippen LogP contribution >= 0.6 is 11.3 Å². The molecular weight excluding hydrogens is 394 g/mol. The molecule has 5 nitrogen and oxygen atoms in total. The molecule has 0 aliphatic carbocycles. The number of thiophene rings is 1. The smallest absolute Gasteiger partial charge is 0.238 e. The highest BCUT2D eigenvalue weighted by Crippen LogP contribution is 2.19. The van der Waals surface area contributed by atoms with Crippen molar-refractivity contribution in [3.8, 4) is 0 Å². The second-order valence-corrected chi connectivity index (χ2v) is 8.06. The molecule has 0 unspecified atom stereocenters. The van der Waals surface area contributed by atoms with Gasteiger partial charge in [0.25, 0.3) is 0 Å². The number of likely N-dealkylation sites (N-methyl/N-ethyl adjacent to an activating group) is 1. The monoisotopic (exact) mass is 421 g/mol. The van der Waals surface area contributed by atoms with E-state index in [-0.39, 0.29) is 24.9 Å². The lowest BCUT2D eigenvalue weighted by Crippen LogP contribution is -2.40. The molecule has 1 heterocycles. The van der Waals surface area contributed by atoms with Gasteiger partial charge >= 0.3 is 0 Å². The van der Waals surface area contributed by atoms with Gasteiger partial charge in [0.15, 0.2) is 0 Å². The lowest BCUT2D eigenvalue weighted by atomic mass is 10.0. The van der Waals surface area contributed by atoms with Gasteiger partial charge in [-0.1, -0.05) is 61.5 Å². The predicted octanol–water partition coefficient (Wildman–Crippen LogP) is 3.92. The van der Waals surface area contributed by atoms with E-state index in [9.17, 15) is 9.59 Å². The first-order chi connectivity index (χ1) is 14.6. The molecule has 0 atom stereocenters. The van der Waals surface area contributed by atoms with Crippen molar-refractivity contribution in [3.05, 3.63) is 88.1 Å². The fourth-order valence-electron chi connectivity index (χ4n) is 3.14. The minimum atomic E-state index is -0.122. The van der Waals surface area contributed by atoms with E-state index in [1.54, 1.807) is 11.3 Å². The number of hydrogen-bond donors (Lipinski definition) is 2. The highest BCUT2D eigenvalue weighted by atomic mass is 32.1.